The molecule has 19 heavy (non-hydrogen) atoms. The third-order valence-electron chi connectivity index (χ3n) is 2.48. The number of esters is 2. The van der Waals surface area contributed by atoms with Crippen LogP contribution >= 0.6 is 12.4 Å². The standard InChI is InChI=1S/C13H17NO4.ClH/c1-17-12(15)8-11(13(16)18-2)14-9-10-6-4-3-5-7-10;/h3-7,11,14H,8-9H2,1-2H3;1H/t11-;/m1./s1. The number of benzene rings is 1. The van der Waals surface area contributed by atoms with Gasteiger partial charge in [-0.05, 0) is 5.56 Å². The van der Waals surface area contributed by atoms with Crippen LogP contribution in [0, 0.1) is 0 Å². The molecule has 0 aliphatic carbocycles. The van der Waals surface area contributed by atoms with Gasteiger partial charge in [-0.3, -0.25) is 14.9 Å². The number of halogens is 1. The zero-order valence-electron chi connectivity index (χ0n) is 10.9. The molecule has 0 fully saturated rings. The van der Waals surface area contributed by atoms with E-state index in [2.05, 4.69) is 14.8 Å². The summed E-state index contributed by atoms with van der Waals surface area (Å²) in [5, 5.41) is 2.98. The van der Waals surface area contributed by atoms with Crippen molar-refractivity contribution < 1.29 is 19.1 Å². The summed E-state index contributed by atoms with van der Waals surface area (Å²) in [4.78, 5) is 22.7. The summed E-state index contributed by atoms with van der Waals surface area (Å²) in [7, 11) is 2.57. The number of nitrogens with one attached hydrogen (secondary N) is 1. The lowest BCUT2D eigenvalue weighted by Gasteiger charge is -2.15. The van der Waals surface area contributed by atoms with Gasteiger partial charge in [0, 0.05) is 6.54 Å². The number of carbonyl (C=O) groups excluding carboxylic acids is 2. The molecular weight excluding hydrogens is 270 g/mol. The van der Waals surface area contributed by atoms with E-state index in [0.717, 1.165) is 5.56 Å². The maximum absolute atomic E-state index is 11.5. The first-order chi connectivity index (χ1) is 8.67. The monoisotopic (exact) mass is 287 g/mol. The Morgan fingerprint density at radius 1 is 1.16 bits per heavy atom. The second-order valence-electron chi connectivity index (χ2n) is 3.72. The minimum atomic E-state index is -0.692. The molecule has 0 aromatic heterocycles. The molecule has 0 bridgehead atoms. The van der Waals surface area contributed by atoms with Crippen LogP contribution in [0.5, 0.6) is 0 Å². The van der Waals surface area contributed by atoms with Gasteiger partial charge < -0.3 is 9.47 Å². The van der Waals surface area contributed by atoms with Crippen LogP contribution in [0.1, 0.15) is 12.0 Å². The van der Waals surface area contributed by atoms with Crippen molar-refractivity contribution in [2.45, 2.75) is 19.0 Å². The largest absolute Gasteiger partial charge is 0.469 e. The van der Waals surface area contributed by atoms with E-state index in [9.17, 15) is 9.59 Å². The Labute approximate surface area is 118 Å². The third kappa shape index (κ3) is 6.22. The lowest BCUT2D eigenvalue weighted by Crippen LogP contribution is -2.39. The van der Waals surface area contributed by atoms with Crippen molar-refractivity contribution in [2.75, 3.05) is 14.2 Å². The number of carbonyl (C=O) groups is 2. The van der Waals surface area contributed by atoms with E-state index in [1.54, 1.807) is 0 Å². The maximum Gasteiger partial charge on any atom is 0.323 e. The number of hydrogen-bond acceptors (Lipinski definition) is 5. The molecule has 1 aromatic carbocycles. The summed E-state index contributed by atoms with van der Waals surface area (Å²) < 4.78 is 9.18. The predicted molar refractivity (Wildman–Crippen MR) is 73.0 cm³/mol. The van der Waals surface area contributed by atoms with Gasteiger partial charge >= 0.3 is 11.9 Å². The Bertz CT molecular complexity index is 397. The zero-order chi connectivity index (χ0) is 13.4. The zero-order valence-corrected chi connectivity index (χ0v) is 11.7. The average molecular weight is 288 g/mol. The third-order valence-corrected chi connectivity index (χ3v) is 2.48. The van der Waals surface area contributed by atoms with Gasteiger partial charge in [-0.2, -0.15) is 0 Å². The van der Waals surface area contributed by atoms with Gasteiger partial charge in [0.2, 0.25) is 0 Å². The summed E-state index contributed by atoms with van der Waals surface area (Å²) in [6.45, 7) is 0.484. The van der Waals surface area contributed by atoms with Gasteiger partial charge in [-0.15, -0.1) is 12.4 Å². The van der Waals surface area contributed by atoms with E-state index in [-0.39, 0.29) is 18.8 Å². The Morgan fingerprint density at radius 3 is 2.32 bits per heavy atom. The number of ether oxygens (including phenoxy) is 2. The SMILES string of the molecule is COC(=O)C[C@@H](NCc1ccccc1)C(=O)OC.Cl. The van der Waals surface area contributed by atoms with E-state index in [0.29, 0.717) is 6.54 Å². The molecule has 0 radical (unpaired) electrons. The number of rotatable bonds is 6. The van der Waals surface area contributed by atoms with Gasteiger partial charge in [0.05, 0.1) is 20.6 Å². The van der Waals surface area contributed by atoms with Crippen molar-refractivity contribution in [3.05, 3.63) is 35.9 Å². The van der Waals surface area contributed by atoms with E-state index in [1.807, 2.05) is 30.3 Å². The molecule has 0 amide bonds. The van der Waals surface area contributed by atoms with E-state index in [1.165, 1.54) is 14.2 Å². The lowest BCUT2D eigenvalue weighted by atomic mass is 10.1. The summed E-state index contributed by atoms with van der Waals surface area (Å²) >= 11 is 0. The first-order valence-corrected chi connectivity index (χ1v) is 5.59. The van der Waals surface area contributed by atoms with E-state index in [4.69, 9.17) is 0 Å². The highest BCUT2D eigenvalue weighted by Crippen LogP contribution is 2.02. The number of hydrogen-bond donors (Lipinski definition) is 1. The Balaban J connectivity index is 0.00000324. The highest BCUT2D eigenvalue weighted by atomic mass is 35.5. The highest BCUT2D eigenvalue weighted by molar-refractivity contribution is 5.85. The van der Waals surface area contributed by atoms with Crippen molar-refractivity contribution in [1.82, 2.24) is 5.32 Å². The van der Waals surface area contributed by atoms with Crippen LogP contribution in [-0.4, -0.2) is 32.2 Å². The van der Waals surface area contributed by atoms with Crippen molar-refractivity contribution in [3.63, 3.8) is 0 Å². The summed E-state index contributed by atoms with van der Waals surface area (Å²) in [5.41, 5.74) is 1.02. The molecule has 0 saturated heterocycles. The van der Waals surface area contributed by atoms with Crippen LogP contribution in [0.3, 0.4) is 0 Å². The van der Waals surface area contributed by atoms with Crippen LogP contribution < -0.4 is 5.32 Å². The van der Waals surface area contributed by atoms with Crippen LogP contribution in [0.2, 0.25) is 0 Å². The second-order valence-corrected chi connectivity index (χ2v) is 3.72. The fraction of sp³-hybridized carbons (Fsp3) is 0.385. The van der Waals surface area contributed by atoms with Gasteiger partial charge in [-0.25, -0.2) is 0 Å². The fourth-order valence-electron chi connectivity index (χ4n) is 1.47. The molecule has 6 heteroatoms. The normalized spacial score (nSPS) is 11.1. The van der Waals surface area contributed by atoms with Gasteiger partial charge in [0.25, 0.3) is 0 Å². The minimum Gasteiger partial charge on any atom is -0.469 e. The molecule has 0 spiro atoms. The molecule has 0 aliphatic heterocycles. The molecule has 0 saturated carbocycles. The second kappa shape index (κ2) is 9.35. The van der Waals surface area contributed by atoms with Crippen LogP contribution in [0.4, 0.5) is 0 Å². The van der Waals surface area contributed by atoms with Crippen molar-refractivity contribution in [1.29, 1.82) is 0 Å². The van der Waals surface area contributed by atoms with Crippen molar-refractivity contribution in [2.24, 2.45) is 0 Å². The van der Waals surface area contributed by atoms with Gasteiger partial charge in [0.15, 0.2) is 0 Å². The van der Waals surface area contributed by atoms with Gasteiger partial charge in [0.1, 0.15) is 6.04 Å². The Morgan fingerprint density at radius 2 is 1.79 bits per heavy atom. The molecule has 0 aliphatic rings. The predicted octanol–water partition coefficient (Wildman–Crippen LogP) is 1.30. The highest BCUT2D eigenvalue weighted by Gasteiger charge is 2.22. The summed E-state index contributed by atoms with van der Waals surface area (Å²) in [6.07, 6.45) is -0.0456. The van der Waals surface area contributed by atoms with Crippen LogP contribution in [-0.2, 0) is 25.6 Å². The molecule has 1 rings (SSSR count). The number of methoxy groups -OCH3 is 2. The minimum absolute atomic E-state index is 0. The fourth-order valence-corrected chi connectivity index (χ4v) is 1.47. The molecule has 5 nitrogen and oxygen atoms in total. The first kappa shape index (κ1) is 17.4. The molecular formula is C13H18ClNO4. The van der Waals surface area contributed by atoms with Crippen LogP contribution in [0.25, 0.3) is 0 Å². The molecule has 1 N–H and O–H groups in total. The smallest absolute Gasteiger partial charge is 0.323 e. The summed E-state index contributed by atoms with van der Waals surface area (Å²) in [6, 6.07) is 8.89. The molecule has 1 aromatic rings. The summed E-state index contributed by atoms with van der Waals surface area (Å²) in [5.74, 6) is -0.928. The van der Waals surface area contributed by atoms with Crippen LogP contribution in [0.15, 0.2) is 30.3 Å². The maximum atomic E-state index is 11.5. The topological polar surface area (TPSA) is 64.6 Å². The van der Waals surface area contributed by atoms with Gasteiger partial charge in [-0.1, -0.05) is 30.3 Å². The van der Waals surface area contributed by atoms with E-state index >= 15 is 0 Å². The quantitative estimate of drug-likeness (QED) is 0.799. The molecule has 1 atom stereocenters. The Hall–Kier alpha value is -1.59. The lowest BCUT2D eigenvalue weighted by molar-refractivity contribution is -0.149. The average Bonchev–Trinajstić information content (AvgIpc) is 2.43. The molecule has 106 valence electrons. The van der Waals surface area contributed by atoms with Crippen molar-refractivity contribution in [3.8, 4) is 0 Å². The Kier molecular flexibility index (Phi) is 8.57. The first-order valence-electron chi connectivity index (χ1n) is 5.59. The molecule has 0 unspecified atom stereocenters. The van der Waals surface area contributed by atoms with Crippen molar-refractivity contribution >= 4 is 24.3 Å². The van der Waals surface area contributed by atoms with E-state index < -0.39 is 18.0 Å². The molecule has 0 heterocycles.